The Kier molecular flexibility index (Phi) is 3.51. The minimum Gasteiger partial charge on any atom is -0.481 e. The maximum absolute atomic E-state index is 10.8. The van der Waals surface area contributed by atoms with Crippen molar-refractivity contribution in [3.63, 3.8) is 0 Å². The van der Waals surface area contributed by atoms with E-state index in [4.69, 9.17) is 15.6 Å². The van der Waals surface area contributed by atoms with E-state index < -0.39 is 5.97 Å². The molecule has 1 aromatic carbocycles. The number of nitrogens with two attached hydrogens (primary N) is 1. The number of methoxy groups -OCH3 is 1. The van der Waals surface area contributed by atoms with Gasteiger partial charge in [0.25, 0.3) is 0 Å². The molecule has 4 N–H and O–H groups in total. The number of carboxylic acids is 1. The fraction of sp³-hybridized carbons (Fsp3) is 0.0769. The smallest absolute Gasteiger partial charge is 0.335 e. The molecule has 98 valence electrons. The van der Waals surface area contributed by atoms with Crippen LogP contribution in [0.4, 0.5) is 17.1 Å². The number of aromatic carboxylic acids is 1. The SMILES string of the molecule is COc1ccc(Nc2ccc(C(=O)O)cc2N)cn1. The Morgan fingerprint density at radius 3 is 2.68 bits per heavy atom. The van der Waals surface area contributed by atoms with Crippen LogP contribution in [0.1, 0.15) is 10.4 Å². The van der Waals surface area contributed by atoms with Gasteiger partial charge in [0.1, 0.15) is 0 Å². The van der Waals surface area contributed by atoms with Crippen LogP contribution in [0.25, 0.3) is 0 Å². The molecule has 1 aromatic heterocycles. The zero-order valence-electron chi connectivity index (χ0n) is 10.3. The zero-order valence-corrected chi connectivity index (χ0v) is 10.3. The van der Waals surface area contributed by atoms with Crippen LogP contribution < -0.4 is 15.8 Å². The number of nitrogens with one attached hydrogen (secondary N) is 1. The third-order valence-electron chi connectivity index (χ3n) is 2.52. The summed E-state index contributed by atoms with van der Waals surface area (Å²) in [6.45, 7) is 0. The van der Waals surface area contributed by atoms with Crippen molar-refractivity contribution in [3.05, 3.63) is 42.1 Å². The van der Waals surface area contributed by atoms with Crippen molar-refractivity contribution in [1.82, 2.24) is 4.98 Å². The summed E-state index contributed by atoms with van der Waals surface area (Å²) >= 11 is 0. The molecular formula is C13H13N3O3. The van der Waals surface area contributed by atoms with Crippen molar-refractivity contribution in [2.45, 2.75) is 0 Å². The average molecular weight is 259 g/mol. The second-order valence-electron chi connectivity index (χ2n) is 3.82. The number of ether oxygens (including phenoxy) is 1. The number of carbonyl (C=O) groups is 1. The number of nitrogen functional groups attached to an aromatic ring is 1. The number of benzene rings is 1. The van der Waals surface area contributed by atoms with Crippen LogP contribution in [-0.4, -0.2) is 23.2 Å². The predicted octanol–water partition coefficient (Wildman–Crippen LogP) is 2.11. The number of hydrogen-bond acceptors (Lipinski definition) is 5. The Morgan fingerprint density at radius 1 is 1.37 bits per heavy atom. The molecule has 2 aromatic rings. The number of pyridine rings is 1. The van der Waals surface area contributed by atoms with Crippen molar-refractivity contribution in [2.24, 2.45) is 0 Å². The first-order chi connectivity index (χ1) is 9.10. The van der Waals surface area contributed by atoms with Crippen molar-refractivity contribution in [2.75, 3.05) is 18.2 Å². The van der Waals surface area contributed by atoms with Gasteiger partial charge in [-0.15, -0.1) is 0 Å². The van der Waals surface area contributed by atoms with Crippen molar-refractivity contribution >= 4 is 23.0 Å². The normalized spacial score (nSPS) is 9.95. The lowest BCUT2D eigenvalue weighted by Crippen LogP contribution is -2.01. The molecule has 0 aliphatic rings. The van der Waals surface area contributed by atoms with Crippen molar-refractivity contribution in [3.8, 4) is 5.88 Å². The molecule has 0 fully saturated rings. The molecule has 0 aliphatic heterocycles. The summed E-state index contributed by atoms with van der Waals surface area (Å²) in [5.41, 5.74) is 7.65. The second-order valence-corrected chi connectivity index (χ2v) is 3.82. The van der Waals surface area contributed by atoms with E-state index in [1.54, 1.807) is 24.4 Å². The molecule has 6 heteroatoms. The van der Waals surface area contributed by atoms with Gasteiger partial charge in [-0.3, -0.25) is 0 Å². The molecule has 0 atom stereocenters. The summed E-state index contributed by atoms with van der Waals surface area (Å²) in [4.78, 5) is 14.8. The first kappa shape index (κ1) is 12.7. The summed E-state index contributed by atoms with van der Waals surface area (Å²) in [5, 5.41) is 11.9. The Morgan fingerprint density at radius 2 is 2.16 bits per heavy atom. The van der Waals surface area contributed by atoms with E-state index in [0.29, 0.717) is 17.3 Å². The van der Waals surface area contributed by atoms with Crippen LogP contribution in [-0.2, 0) is 0 Å². The van der Waals surface area contributed by atoms with Gasteiger partial charge in [-0.05, 0) is 24.3 Å². The molecule has 0 radical (unpaired) electrons. The molecule has 0 unspecified atom stereocenters. The largest absolute Gasteiger partial charge is 0.481 e. The van der Waals surface area contributed by atoms with E-state index in [0.717, 1.165) is 5.69 Å². The van der Waals surface area contributed by atoms with Gasteiger partial charge in [-0.2, -0.15) is 0 Å². The Bertz CT molecular complexity index is 597. The van der Waals surface area contributed by atoms with Gasteiger partial charge in [0.15, 0.2) is 0 Å². The van der Waals surface area contributed by atoms with Crippen LogP contribution in [0.15, 0.2) is 36.5 Å². The lowest BCUT2D eigenvalue weighted by molar-refractivity contribution is 0.0697. The average Bonchev–Trinajstić information content (AvgIpc) is 2.41. The van der Waals surface area contributed by atoms with Crippen LogP contribution in [0.2, 0.25) is 0 Å². The molecule has 0 saturated heterocycles. The van der Waals surface area contributed by atoms with Crippen molar-refractivity contribution in [1.29, 1.82) is 0 Å². The quantitative estimate of drug-likeness (QED) is 0.727. The minimum absolute atomic E-state index is 0.149. The highest BCUT2D eigenvalue weighted by molar-refractivity contribution is 5.90. The summed E-state index contributed by atoms with van der Waals surface area (Å²) < 4.78 is 4.96. The highest BCUT2D eigenvalue weighted by Gasteiger charge is 2.06. The minimum atomic E-state index is -1.01. The van der Waals surface area contributed by atoms with Crippen LogP contribution in [0.3, 0.4) is 0 Å². The zero-order chi connectivity index (χ0) is 13.8. The molecular weight excluding hydrogens is 246 g/mol. The molecule has 0 saturated carbocycles. The number of rotatable bonds is 4. The van der Waals surface area contributed by atoms with Gasteiger partial charge in [-0.25, -0.2) is 9.78 Å². The van der Waals surface area contributed by atoms with Gasteiger partial charge in [0.05, 0.1) is 35.9 Å². The number of anilines is 3. The predicted molar refractivity (Wildman–Crippen MR) is 71.9 cm³/mol. The number of hydrogen-bond donors (Lipinski definition) is 3. The second kappa shape index (κ2) is 5.26. The maximum atomic E-state index is 10.8. The van der Waals surface area contributed by atoms with Gasteiger partial charge < -0.3 is 20.9 Å². The van der Waals surface area contributed by atoms with Crippen LogP contribution >= 0.6 is 0 Å². The number of aromatic nitrogens is 1. The standard InChI is InChI=1S/C13H13N3O3/c1-19-12-5-3-9(7-15-12)16-11-4-2-8(13(17)18)6-10(11)14/h2-7,16H,14H2,1H3,(H,17,18). The van der Waals surface area contributed by atoms with Gasteiger partial charge in [0.2, 0.25) is 5.88 Å². The van der Waals surface area contributed by atoms with Gasteiger partial charge >= 0.3 is 5.97 Å². The molecule has 2 rings (SSSR count). The Labute approximate surface area is 109 Å². The van der Waals surface area contributed by atoms with E-state index in [1.165, 1.54) is 19.2 Å². The maximum Gasteiger partial charge on any atom is 0.335 e. The summed E-state index contributed by atoms with van der Waals surface area (Å²) in [5.74, 6) is -0.496. The first-order valence-electron chi connectivity index (χ1n) is 5.50. The highest BCUT2D eigenvalue weighted by atomic mass is 16.5. The van der Waals surface area contributed by atoms with E-state index in [-0.39, 0.29) is 5.56 Å². The van der Waals surface area contributed by atoms with Crippen molar-refractivity contribution < 1.29 is 14.6 Å². The van der Waals surface area contributed by atoms with E-state index >= 15 is 0 Å². The van der Waals surface area contributed by atoms with E-state index in [2.05, 4.69) is 10.3 Å². The highest BCUT2D eigenvalue weighted by Crippen LogP contribution is 2.24. The van der Waals surface area contributed by atoms with Crippen LogP contribution in [0.5, 0.6) is 5.88 Å². The number of nitrogens with zero attached hydrogens (tertiary/aromatic N) is 1. The fourth-order valence-corrected chi connectivity index (χ4v) is 1.54. The summed E-state index contributed by atoms with van der Waals surface area (Å²) in [7, 11) is 1.54. The number of carboxylic acid groups (broad SMARTS) is 1. The molecule has 6 nitrogen and oxygen atoms in total. The van der Waals surface area contributed by atoms with Crippen LogP contribution in [0, 0.1) is 0 Å². The first-order valence-corrected chi connectivity index (χ1v) is 5.50. The lowest BCUT2D eigenvalue weighted by Gasteiger charge is -2.10. The summed E-state index contributed by atoms with van der Waals surface area (Å²) in [6, 6.07) is 8.00. The summed E-state index contributed by atoms with van der Waals surface area (Å²) in [6.07, 6.45) is 1.60. The third-order valence-corrected chi connectivity index (χ3v) is 2.52. The molecule has 0 amide bonds. The van der Waals surface area contributed by atoms with Gasteiger partial charge in [-0.1, -0.05) is 0 Å². The van der Waals surface area contributed by atoms with E-state index in [9.17, 15) is 4.79 Å². The topological polar surface area (TPSA) is 97.5 Å². The Hall–Kier alpha value is -2.76. The monoisotopic (exact) mass is 259 g/mol. The Balaban J connectivity index is 2.20. The molecule has 1 heterocycles. The molecule has 0 bridgehead atoms. The molecule has 0 aliphatic carbocycles. The molecule has 19 heavy (non-hydrogen) atoms. The lowest BCUT2D eigenvalue weighted by atomic mass is 10.1. The van der Waals surface area contributed by atoms with Gasteiger partial charge in [0, 0.05) is 6.07 Å². The van der Waals surface area contributed by atoms with E-state index in [1.807, 2.05) is 0 Å². The molecule has 0 spiro atoms. The fourth-order valence-electron chi connectivity index (χ4n) is 1.54. The third kappa shape index (κ3) is 2.92.